The second-order valence-corrected chi connectivity index (χ2v) is 6.79. The zero-order chi connectivity index (χ0) is 18.4. The first-order valence-electron chi connectivity index (χ1n) is 8.93. The molecule has 134 valence electrons. The van der Waals surface area contributed by atoms with Crippen LogP contribution in [0.4, 0.5) is 10.5 Å². The maximum Gasteiger partial charge on any atom is 0.317 e. The van der Waals surface area contributed by atoms with Crippen molar-refractivity contribution in [2.24, 2.45) is 5.92 Å². The van der Waals surface area contributed by atoms with Crippen molar-refractivity contribution in [3.63, 3.8) is 0 Å². The monoisotopic (exact) mass is 348 g/mol. The van der Waals surface area contributed by atoms with Gasteiger partial charge < -0.3 is 15.1 Å². The van der Waals surface area contributed by atoms with E-state index >= 15 is 0 Å². The molecule has 1 atom stereocenters. The predicted molar refractivity (Wildman–Crippen MR) is 103 cm³/mol. The second kappa shape index (κ2) is 8.39. The highest BCUT2D eigenvalue weighted by atomic mass is 16.2. The van der Waals surface area contributed by atoms with Crippen LogP contribution in [0.5, 0.6) is 0 Å². The van der Waals surface area contributed by atoms with Gasteiger partial charge in [-0.3, -0.25) is 0 Å². The second-order valence-electron chi connectivity index (χ2n) is 6.79. The normalized spacial score (nSPS) is 16.2. The molecule has 26 heavy (non-hydrogen) atoms. The Hall–Kier alpha value is -3.00. The Balaban J connectivity index is 1.46. The summed E-state index contributed by atoms with van der Waals surface area (Å²) in [5.41, 5.74) is 2.82. The van der Waals surface area contributed by atoms with Gasteiger partial charge >= 0.3 is 6.03 Å². The highest BCUT2D eigenvalue weighted by Crippen LogP contribution is 2.23. The number of nitrogens with one attached hydrogen (secondary N) is 1. The molecule has 2 aromatic carbocycles. The number of urea groups is 1. The van der Waals surface area contributed by atoms with Crippen molar-refractivity contribution in [1.29, 1.82) is 5.26 Å². The lowest BCUT2D eigenvalue weighted by Gasteiger charge is -2.21. The SMILES string of the molecule is CN(Cc1cccc(C#N)c1)C(=O)NCC1CCN(c2ccccc2)C1. The van der Waals surface area contributed by atoms with Crippen LogP contribution in [0.15, 0.2) is 54.6 Å². The van der Waals surface area contributed by atoms with E-state index in [0.29, 0.717) is 24.6 Å². The number of hydrogen-bond acceptors (Lipinski definition) is 3. The van der Waals surface area contributed by atoms with E-state index in [1.165, 1.54) is 5.69 Å². The first kappa shape index (κ1) is 17.8. The lowest BCUT2D eigenvalue weighted by atomic mass is 10.1. The zero-order valence-electron chi connectivity index (χ0n) is 15.1. The van der Waals surface area contributed by atoms with Crippen molar-refractivity contribution in [2.45, 2.75) is 13.0 Å². The first-order valence-corrected chi connectivity index (χ1v) is 8.93. The van der Waals surface area contributed by atoms with Crippen molar-refractivity contribution < 1.29 is 4.79 Å². The van der Waals surface area contributed by atoms with Crippen molar-refractivity contribution >= 4 is 11.7 Å². The number of benzene rings is 2. The van der Waals surface area contributed by atoms with Crippen LogP contribution in [-0.2, 0) is 6.54 Å². The molecule has 0 bridgehead atoms. The first-order chi connectivity index (χ1) is 12.7. The third-order valence-corrected chi connectivity index (χ3v) is 4.77. The summed E-state index contributed by atoms with van der Waals surface area (Å²) >= 11 is 0. The minimum absolute atomic E-state index is 0.0782. The molecule has 1 saturated heterocycles. The zero-order valence-corrected chi connectivity index (χ0v) is 15.1. The van der Waals surface area contributed by atoms with Crippen LogP contribution in [0.3, 0.4) is 0 Å². The Morgan fingerprint density at radius 2 is 2.08 bits per heavy atom. The minimum atomic E-state index is -0.0782. The number of nitrogens with zero attached hydrogens (tertiary/aromatic N) is 3. The molecule has 2 amide bonds. The molecule has 5 nitrogen and oxygen atoms in total. The number of anilines is 1. The molecule has 0 spiro atoms. The molecule has 1 fully saturated rings. The predicted octanol–water partition coefficient (Wildman–Crippen LogP) is 3.23. The average molecular weight is 348 g/mol. The maximum atomic E-state index is 12.3. The maximum absolute atomic E-state index is 12.3. The largest absolute Gasteiger partial charge is 0.371 e. The van der Waals surface area contributed by atoms with E-state index in [9.17, 15) is 4.79 Å². The Morgan fingerprint density at radius 3 is 2.85 bits per heavy atom. The number of amides is 2. The lowest BCUT2D eigenvalue weighted by molar-refractivity contribution is 0.205. The highest BCUT2D eigenvalue weighted by molar-refractivity contribution is 5.73. The fourth-order valence-electron chi connectivity index (χ4n) is 3.32. The van der Waals surface area contributed by atoms with Gasteiger partial charge in [-0.15, -0.1) is 0 Å². The number of para-hydroxylation sites is 1. The van der Waals surface area contributed by atoms with E-state index in [0.717, 1.165) is 25.1 Å². The van der Waals surface area contributed by atoms with Crippen molar-refractivity contribution in [1.82, 2.24) is 10.2 Å². The molecule has 5 heteroatoms. The molecule has 1 unspecified atom stereocenters. The lowest BCUT2D eigenvalue weighted by Crippen LogP contribution is -2.39. The smallest absolute Gasteiger partial charge is 0.317 e. The molecule has 0 saturated carbocycles. The van der Waals surface area contributed by atoms with Gasteiger partial charge in [-0.05, 0) is 42.2 Å². The topological polar surface area (TPSA) is 59.4 Å². The molecular formula is C21H24N4O. The molecule has 1 N–H and O–H groups in total. The van der Waals surface area contributed by atoms with Crippen molar-refractivity contribution in [2.75, 3.05) is 31.6 Å². The summed E-state index contributed by atoms with van der Waals surface area (Å²) in [5, 5.41) is 12.0. The van der Waals surface area contributed by atoms with Crippen molar-refractivity contribution in [3.8, 4) is 6.07 Å². The van der Waals surface area contributed by atoms with Gasteiger partial charge in [-0.25, -0.2) is 4.79 Å². The van der Waals surface area contributed by atoms with Gasteiger partial charge in [-0.2, -0.15) is 5.26 Å². The molecule has 0 radical (unpaired) electrons. The van der Waals surface area contributed by atoms with Gasteiger partial charge in [0, 0.05) is 38.9 Å². The molecule has 1 aliphatic heterocycles. The summed E-state index contributed by atoms with van der Waals surface area (Å²) in [6.45, 7) is 3.17. The van der Waals surface area contributed by atoms with Crippen LogP contribution in [0, 0.1) is 17.2 Å². The standard InChI is InChI=1S/C21H24N4O/c1-24(15-18-7-5-6-17(12-18)13-22)21(26)23-14-19-10-11-25(16-19)20-8-3-2-4-9-20/h2-9,12,19H,10-11,14-16H2,1H3,(H,23,26). The molecular weight excluding hydrogens is 324 g/mol. The fraction of sp³-hybridized carbons (Fsp3) is 0.333. The molecule has 1 aliphatic rings. The van der Waals surface area contributed by atoms with Crippen LogP contribution in [0.2, 0.25) is 0 Å². The van der Waals surface area contributed by atoms with E-state index in [2.05, 4.69) is 40.6 Å². The van der Waals surface area contributed by atoms with Crippen LogP contribution in [0.1, 0.15) is 17.5 Å². The summed E-state index contributed by atoms with van der Waals surface area (Å²) in [4.78, 5) is 16.4. The third-order valence-electron chi connectivity index (χ3n) is 4.77. The number of rotatable bonds is 5. The Bertz CT molecular complexity index is 784. The fourth-order valence-corrected chi connectivity index (χ4v) is 3.32. The van der Waals surface area contributed by atoms with Gasteiger partial charge in [0.05, 0.1) is 11.6 Å². The van der Waals surface area contributed by atoms with Gasteiger partial charge in [0.1, 0.15) is 0 Å². The molecule has 2 aromatic rings. The Labute approximate surface area is 154 Å². The van der Waals surface area contributed by atoms with Crippen LogP contribution >= 0.6 is 0 Å². The van der Waals surface area contributed by atoms with Gasteiger partial charge in [0.25, 0.3) is 0 Å². The van der Waals surface area contributed by atoms with Gasteiger partial charge in [0.15, 0.2) is 0 Å². The van der Waals surface area contributed by atoms with Crippen LogP contribution in [0.25, 0.3) is 0 Å². The third kappa shape index (κ3) is 4.54. The number of hydrogen-bond donors (Lipinski definition) is 1. The van der Waals surface area contributed by atoms with Crippen LogP contribution < -0.4 is 10.2 Å². The summed E-state index contributed by atoms with van der Waals surface area (Å²) in [6, 6.07) is 19.8. The Morgan fingerprint density at radius 1 is 1.27 bits per heavy atom. The molecule has 0 aliphatic carbocycles. The van der Waals surface area contributed by atoms with E-state index < -0.39 is 0 Å². The summed E-state index contributed by atoms with van der Waals surface area (Å²) in [7, 11) is 1.78. The quantitative estimate of drug-likeness (QED) is 0.902. The summed E-state index contributed by atoms with van der Waals surface area (Å²) in [6.07, 6.45) is 1.09. The number of nitriles is 1. The van der Waals surface area contributed by atoms with E-state index in [4.69, 9.17) is 5.26 Å². The number of carbonyl (C=O) groups is 1. The van der Waals surface area contributed by atoms with E-state index in [-0.39, 0.29) is 6.03 Å². The minimum Gasteiger partial charge on any atom is -0.371 e. The van der Waals surface area contributed by atoms with Gasteiger partial charge in [0.2, 0.25) is 0 Å². The van der Waals surface area contributed by atoms with Crippen molar-refractivity contribution in [3.05, 3.63) is 65.7 Å². The molecule has 3 rings (SSSR count). The summed E-state index contributed by atoms with van der Waals surface area (Å²) in [5.74, 6) is 0.467. The van der Waals surface area contributed by atoms with E-state index in [1.54, 1.807) is 18.0 Å². The van der Waals surface area contributed by atoms with Gasteiger partial charge in [-0.1, -0.05) is 30.3 Å². The van der Waals surface area contributed by atoms with Crippen LogP contribution in [-0.4, -0.2) is 37.6 Å². The molecule has 0 aromatic heterocycles. The van der Waals surface area contributed by atoms with E-state index in [1.807, 2.05) is 24.3 Å². The number of carbonyl (C=O) groups excluding carboxylic acids is 1. The summed E-state index contributed by atoms with van der Waals surface area (Å²) < 4.78 is 0. The molecule has 1 heterocycles. The highest BCUT2D eigenvalue weighted by Gasteiger charge is 2.23. The Kier molecular flexibility index (Phi) is 5.75. The average Bonchev–Trinajstić information content (AvgIpc) is 3.16.